The van der Waals surface area contributed by atoms with Crippen molar-refractivity contribution in [2.24, 2.45) is 11.1 Å². The number of nitrogens with one attached hydrogen (secondary N) is 1. The van der Waals surface area contributed by atoms with Crippen LogP contribution < -0.4 is 11.1 Å². The Hall–Kier alpha value is -1.53. The number of benzene rings is 1. The van der Waals surface area contributed by atoms with Crippen molar-refractivity contribution in [3.8, 4) is 0 Å². The van der Waals surface area contributed by atoms with Crippen LogP contribution in [0.3, 0.4) is 0 Å². The van der Waals surface area contributed by atoms with Gasteiger partial charge in [0.05, 0.1) is 6.42 Å². The summed E-state index contributed by atoms with van der Waals surface area (Å²) in [6, 6.07) is 9.05. The van der Waals surface area contributed by atoms with Gasteiger partial charge in [0.15, 0.2) is 0 Å². The minimum atomic E-state index is -0.498. The van der Waals surface area contributed by atoms with E-state index in [1.54, 1.807) is 23.7 Å². The Morgan fingerprint density at radius 1 is 1.28 bits per heavy atom. The molecule has 25 heavy (non-hydrogen) atoms. The van der Waals surface area contributed by atoms with Gasteiger partial charge in [0, 0.05) is 13.6 Å². The topological polar surface area (TPSA) is 75.4 Å². The number of amides is 2. The average molecular weight is 366 g/mol. The highest BCUT2D eigenvalue weighted by atomic mass is 32.2. The van der Waals surface area contributed by atoms with Gasteiger partial charge in [0.25, 0.3) is 0 Å². The minimum absolute atomic E-state index is 0.0583. The Morgan fingerprint density at radius 2 is 1.92 bits per heavy atom. The summed E-state index contributed by atoms with van der Waals surface area (Å²) in [5.41, 5.74) is 6.55. The Labute approximate surface area is 155 Å². The molecule has 1 atom stereocenters. The average Bonchev–Trinajstić information content (AvgIpc) is 2.58. The zero-order valence-corrected chi connectivity index (χ0v) is 16.6. The monoisotopic (exact) mass is 365 g/mol. The second kappa shape index (κ2) is 10.5. The molecule has 1 aromatic rings. The van der Waals surface area contributed by atoms with Gasteiger partial charge in [0.1, 0.15) is 6.04 Å². The van der Waals surface area contributed by atoms with Crippen LogP contribution in [0.25, 0.3) is 0 Å². The van der Waals surface area contributed by atoms with E-state index in [2.05, 4.69) is 5.32 Å². The van der Waals surface area contributed by atoms with Gasteiger partial charge in [0.2, 0.25) is 11.8 Å². The van der Waals surface area contributed by atoms with Crippen LogP contribution in [0.15, 0.2) is 30.3 Å². The standard InChI is InChI=1S/C19H31N3O2S/c1-19(2,13-20)14-22(3)18(24)16(10-11-25-4)21-17(23)12-15-8-6-5-7-9-15/h5-9,16H,10-14,20H2,1-4H3,(H,21,23). The van der Waals surface area contributed by atoms with E-state index in [4.69, 9.17) is 5.73 Å². The second-order valence-electron chi connectivity index (χ2n) is 7.13. The molecular weight excluding hydrogens is 334 g/mol. The molecule has 0 fully saturated rings. The lowest BCUT2D eigenvalue weighted by Crippen LogP contribution is -2.50. The molecule has 0 radical (unpaired) electrons. The fraction of sp³-hybridized carbons (Fsp3) is 0.579. The van der Waals surface area contributed by atoms with Gasteiger partial charge in [-0.1, -0.05) is 44.2 Å². The molecule has 0 saturated carbocycles. The number of rotatable bonds is 10. The zero-order valence-electron chi connectivity index (χ0n) is 15.7. The predicted octanol–water partition coefficient (Wildman–Crippen LogP) is 1.91. The van der Waals surface area contributed by atoms with Crippen LogP contribution in [-0.4, -0.2) is 54.9 Å². The van der Waals surface area contributed by atoms with Gasteiger partial charge < -0.3 is 16.0 Å². The van der Waals surface area contributed by atoms with E-state index in [1.807, 2.05) is 50.4 Å². The Balaban J connectivity index is 2.71. The van der Waals surface area contributed by atoms with Gasteiger partial charge in [-0.2, -0.15) is 11.8 Å². The molecule has 0 saturated heterocycles. The molecule has 6 heteroatoms. The summed E-state index contributed by atoms with van der Waals surface area (Å²) in [5, 5.41) is 2.91. The van der Waals surface area contributed by atoms with E-state index >= 15 is 0 Å². The van der Waals surface area contributed by atoms with Crippen molar-refractivity contribution in [2.75, 3.05) is 32.1 Å². The minimum Gasteiger partial charge on any atom is -0.344 e. The first-order chi connectivity index (χ1) is 11.8. The maximum Gasteiger partial charge on any atom is 0.244 e. The molecule has 0 aliphatic carbocycles. The number of likely N-dealkylation sites (N-methyl/N-ethyl adjacent to an activating group) is 1. The number of carbonyl (C=O) groups excluding carboxylic acids is 2. The van der Waals surface area contributed by atoms with Crippen LogP contribution in [0.4, 0.5) is 0 Å². The third kappa shape index (κ3) is 7.92. The Morgan fingerprint density at radius 3 is 2.48 bits per heavy atom. The third-order valence-corrected chi connectivity index (χ3v) is 4.69. The summed E-state index contributed by atoms with van der Waals surface area (Å²) in [6.07, 6.45) is 2.89. The fourth-order valence-corrected chi connectivity index (χ4v) is 3.04. The maximum absolute atomic E-state index is 12.8. The lowest BCUT2D eigenvalue weighted by atomic mass is 9.93. The highest BCUT2D eigenvalue weighted by Gasteiger charge is 2.27. The summed E-state index contributed by atoms with van der Waals surface area (Å²) in [6.45, 7) is 5.12. The highest BCUT2D eigenvalue weighted by molar-refractivity contribution is 7.98. The Bertz CT molecular complexity index is 549. The summed E-state index contributed by atoms with van der Waals surface area (Å²) < 4.78 is 0. The molecule has 1 unspecified atom stereocenters. The van der Waals surface area contributed by atoms with E-state index in [0.29, 0.717) is 19.5 Å². The molecule has 0 aromatic heterocycles. The van der Waals surface area contributed by atoms with Crippen molar-refractivity contribution in [2.45, 2.75) is 32.7 Å². The number of nitrogens with zero attached hydrogens (tertiary/aromatic N) is 1. The number of thioether (sulfide) groups is 1. The van der Waals surface area contributed by atoms with E-state index in [-0.39, 0.29) is 23.7 Å². The van der Waals surface area contributed by atoms with Gasteiger partial charge >= 0.3 is 0 Å². The van der Waals surface area contributed by atoms with Crippen molar-refractivity contribution in [3.05, 3.63) is 35.9 Å². The van der Waals surface area contributed by atoms with Crippen molar-refractivity contribution >= 4 is 23.6 Å². The summed E-state index contributed by atoms with van der Waals surface area (Å²) in [5.74, 6) is 0.630. The van der Waals surface area contributed by atoms with Gasteiger partial charge in [-0.15, -0.1) is 0 Å². The van der Waals surface area contributed by atoms with Crippen molar-refractivity contribution < 1.29 is 9.59 Å². The lowest BCUT2D eigenvalue weighted by molar-refractivity contribution is -0.136. The smallest absolute Gasteiger partial charge is 0.244 e. The largest absolute Gasteiger partial charge is 0.344 e. The van der Waals surface area contributed by atoms with Crippen LogP contribution in [-0.2, 0) is 16.0 Å². The van der Waals surface area contributed by atoms with Gasteiger partial charge in [-0.25, -0.2) is 0 Å². The molecule has 0 aliphatic rings. The van der Waals surface area contributed by atoms with Crippen LogP contribution in [0.5, 0.6) is 0 Å². The lowest BCUT2D eigenvalue weighted by Gasteiger charge is -2.31. The third-order valence-electron chi connectivity index (χ3n) is 4.05. The van der Waals surface area contributed by atoms with E-state index in [0.717, 1.165) is 11.3 Å². The number of carbonyl (C=O) groups is 2. The molecule has 0 spiro atoms. The number of hydrogen-bond acceptors (Lipinski definition) is 4. The molecule has 0 heterocycles. The quantitative estimate of drug-likeness (QED) is 0.664. The molecule has 140 valence electrons. The van der Waals surface area contributed by atoms with E-state index < -0.39 is 6.04 Å². The molecular formula is C19H31N3O2S. The molecule has 0 aliphatic heterocycles. The zero-order chi connectivity index (χ0) is 18.9. The van der Waals surface area contributed by atoms with Crippen LogP contribution >= 0.6 is 11.8 Å². The summed E-state index contributed by atoms with van der Waals surface area (Å²) in [7, 11) is 1.77. The maximum atomic E-state index is 12.8. The number of hydrogen-bond donors (Lipinski definition) is 2. The van der Waals surface area contributed by atoms with Crippen LogP contribution in [0, 0.1) is 5.41 Å². The van der Waals surface area contributed by atoms with E-state index in [1.165, 1.54) is 0 Å². The summed E-state index contributed by atoms with van der Waals surface area (Å²) >= 11 is 1.67. The first kappa shape index (κ1) is 21.5. The fourth-order valence-electron chi connectivity index (χ4n) is 2.57. The summed E-state index contributed by atoms with van der Waals surface area (Å²) in [4.78, 5) is 26.8. The molecule has 1 aromatic carbocycles. The van der Waals surface area contributed by atoms with Gasteiger partial charge in [-0.3, -0.25) is 9.59 Å². The molecule has 1 rings (SSSR count). The van der Waals surface area contributed by atoms with Crippen LogP contribution in [0.2, 0.25) is 0 Å². The first-order valence-electron chi connectivity index (χ1n) is 8.56. The predicted molar refractivity (Wildman–Crippen MR) is 106 cm³/mol. The molecule has 0 bridgehead atoms. The van der Waals surface area contributed by atoms with Gasteiger partial charge in [-0.05, 0) is 36.0 Å². The SMILES string of the molecule is CSCCC(NC(=O)Cc1ccccc1)C(=O)N(C)CC(C)(C)CN. The van der Waals surface area contributed by atoms with E-state index in [9.17, 15) is 9.59 Å². The van der Waals surface area contributed by atoms with Crippen molar-refractivity contribution in [1.29, 1.82) is 0 Å². The van der Waals surface area contributed by atoms with Crippen molar-refractivity contribution in [1.82, 2.24) is 10.2 Å². The molecule has 2 amide bonds. The Kier molecular flexibility index (Phi) is 9.00. The number of nitrogens with two attached hydrogens (primary N) is 1. The highest BCUT2D eigenvalue weighted by Crippen LogP contribution is 2.15. The molecule has 3 N–H and O–H groups in total. The van der Waals surface area contributed by atoms with Crippen LogP contribution in [0.1, 0.15) is 25.8 Å². The molecule has 5 nitrogen and oxygen atoms in total. The first-order valence-corrected chi connectivity index (χ1v) is 9.95. The van der Waals surface area contributed by atoms with Crippen molar-refractivity contribution in [3.63, 3.8) is 0 Å². The second-order valence-corrected chi connectivity index (χ2v) is 8.11. The normalized spacial score (nSPS) is 12.5.